The van der Waals surface area contributed by atoms with Crippen molar-refractivity contribution in [3.8, 4) is 11.4 Å². The SMILES string of the molecule is Cc1cnc(-c2ccccc2)n1C1CN(CC2CC2)C1. The number of aryl methyl sites for hydroxylation is 1. The van der Waals surface area contributed by atoms with Crippen molar-refractivity contribution >= 4 is 0 Å². The van der Waals surface area contributed by atoms with Crippen LogP contribution in [0.3, 0.4) is 0 Å². The zero-order valence-corrected chi connectivity index (χ0v) is 12.0. The van der Waals surface area contributed by atoms with Gasteiger partial charge in [-0.1, -0.05) is 30.3 Å². The molecule has 1 saturated carbocycles. The van der Waals surface area contributed by atoms with Crippen molar-refractivity contribution in [2.24, 2.45) is 5.92 Å². The van der Waals surface area contributed by atoms with Gasteiger partial charge in [-0.15, -0.1) is 0 Å². The first-order chi connectivity index (χ1) is 9.81. The lowest BCUT2D eigenvalue weighted by Gasteiger charge is -2.41. The molecule has 0 spiro atoms. The average Bonchev–Trinajstić information content (AvgIpc) is 3.17. The van der Waals surface area contributed by atoms with Crippen molar-refractivity contribution in [1.82, 2.24) is 14.5 Å². The molecule has 0 bridgehead atoms. The average molecular weight is 267 g/mol. The van der Waals surface area contributed by atoms with Crippen molar-refractivity contribution in [2.75, 3.05) is 19.6 Å². The van der Waals surface area contributed by atoms with Gasteiger partial charge in [0.25, 0.3) is 0 Å². The standard InChI is InChI=1S/C17H21N3/c1-13-9-18-17(15-5-3-2-4-6-15)20(13)16-11-19(12-16)10-14-7-8-14/h2-6,9,14,16H,7-8,10-12H2,1H3. The smallest absolute Gasteiger partial charge is 0.140 e. The van der Waals surface area contributed by atoms with Crippen LogP contribution in [0.5, 0.6) is 0 Å². The Balaban J connectivity index is 1.55. The molecule has 2 aliphatic rings. The highest BCUT2D eigenvalue weighted by Crippen LogP contribution is 2.34. The maximum atomic E-state index is 4.63. The summed E-state index contributed by atoms with van der Waals surface area (Å²) in [6.07, 6.45) is 4.90. The Morgan fingerprint density at radius 2 is 1.90 bits per heavy atom. The number of benzene rings is 1. The maximum Gasteiger partial charge on any atom is 0.140 e. The molecule has 2 aromatic rings. The number of rotatable bonds is 4. The van der Waals surface area contributed by atoms with E-state index >= 15 is 0 Å². The van der Waals surface area contributed by atoms with Crippen molar-refractivity contribution in [2.45, 2.75) is 25.8 Å². The van der Waals surface area contributed by atoms with E-state index in [9.17, 15) is 0 Å². The van der Waals surface area contributed by atoms with Gasteiger partial charge in [-0.2, -0.15) is 0 Å². The van der Waals surface area contributed by atoms with Crippen molar-refractivity contribution < 1.29 is 0 Å². The Bertz CT molecular complexity index is 592. The van der Waals surface area contributed by atoms with Crippen LogP contribution in [0.1, 0.15) is 24.6 Å². The molecular formula is C17H21N3. The minimum absolute atomic E-state index is 0.603. The highest BCUT2D eigenvalue weighted by atomic mass is 15.3. The van der Waals surface area contributed by atoms with Gasteiger partial charge >= 0.3 is 0 Å². The van der Waals surface area contributed by atoms with Crippen LogP contribution in [-0.4, -0.2) is 34.1 Å². The molecule has 20 heavy (non-hydrogen) atoms. The van der Waals surface area contributed by atoms with Crippen LogP contribution in [-0.2, 0) is 0 Å². The highest BCUT2D eigenvalue weighted by molar-refractivity contribution is 5.56. The van der Waals surface area contributed by atoms with Gasteiger partial charge in [0.2, 0.25) is 0 Å². The lowest BCUT2D eigenvalue weighted by molar-refractivity contribution is 0.101. The third-order valence-corrected chi connectivity index (χ3v) is 4.53. The van der Waals surface area contributed by atoms with Gasteiger partial charge in [0.15, 0.2) is 0 Å². The molecule has 1 aliphatic carbocycles. The molecule has 3 heteroatoms. The van der Waals surface area contributed by atoms with Gasteiger partial charge in [0, 0.05) is 37.1 Å². The third-order valence-electron chi connectivity index (χ3n) is 4.53. The van der Waals surface area contributed by atoms with Crippen LogP contribution in [0, 0.1) is 12.8 Å². The summed E-state index contributed by atoms with van der Waals surface area (Å²) >= 11 is 0. The molecule has 4 rings (SSSR count). The normalized spacial score (nSPS) is 20.1. The number of aromatic nitrogens is 2. The maximum absolute atomic E-state index is 4.63. The monoisotopic (exact) mass is 267 g/mol. The summed E-state index contributed by atoms with van der Waals surface area (Å²) in [5, 5.41) is 0. The van der Waals surface area contributed by atoms with E-state index in [0.29, 0.717) is 6.04 Å². The second-order valence-corrected chi connectivity index (χ2v) is 6.27. The quantitative estimate of drug-likeness (QED) is 0.848. The molecule has 0 unspecified atom stereocenters. The van der Waals surface area contributed by atoms with Crippen molar-refractivity contribution in [3.05, 3.63) is 42.2 Å². The predicted octanol–water partition coefficient (Wildman–Crippen LogP) is 3.13. The molecule has 104 valence electrons. The molecule has 2 fully saturated rings. The summed E-state index contributed by atoms with van der Waals surface area (Å²) < 4.78 is 2.43. The first kappa shape index (κ1) is 12.2. The highest BCUT2D eigenvalue weighted by Gasteiger charge is 2.34. The van der Waals surface area contributed by atoms with E-state index in [1.807, 2.05) is 6.20 Å². The van der Waals surface area contributed by atoms with Crippen LogP contribution >= 0.6 is 0 Å². The number of imidazole rings is 1. The number of likely N-dealkylation sites (tertiary alicyclic amines) is 1. The summed E-state index contributed by atoms with van der Waals surface area (Å²) in [7, 11) is 0. The lowest BCUT2D eigenvalue weighted by Crippen LogP contribution is -2.48. The molecular weight excluding hydrogens is 246 g/mol. The number of hydrogen-bond donors (Lipinski definition) is 0. The number of hydrogen-bond acceptors (Lipinski definition) is 2. The molecule has 1 aliphatic heterocycles. The fraction of sp³-hybridized carbons (Fsp3) is 0.471. The van der Waals surface area contributed by atoms with Crippen molar-refractivity contribution in [3.63, 3.8) is 0 Å². The zero-order valence-electron chi connectivity index (χ0n) is 12.0. The summed E-state index contributed by atoms with van der Waals surface area (Å²) in [5.41, 5.74) is 2.50. The van der Waals surface area contributed by atoms with Gasteiger partial charge in [0.05, 0.1) is 6.04 Å². The van der Waals surface area contributed by atoms with Crippen LogP contribution < -0.4 is 0 Å². The van der Waals surface area contributed by atoms with E-state index in [1.54, 1.807) is 0 Å². The Labute approximate surface area is 120 Å². The molecule has 0 atom stereocenters. The second kappa shape index (κ2) is 4.74. The molecule has 2 heterocycles. The minimum atomic E-state index is 0.603. The van der Waals surface area contributed by atoms with E-state index in [4.69, 9.17) is 0 Å². The third kappa shape index (κ3) is 2.16. The summed E-state index contributed by atoms with van der Waals surface area (Å²) in [4.78, 5) is 7.23. The van der Waals surface area contributed by atoms with Gasteiger partial charge < -0.3 is 4.57 Å². The van der Waals surface area contributed by atoms with Gasteiger partial charge in [-0.3, -0.25) is 4.90 Å². The fourth-order valence-corrected chi connectivity index (χ4v) is 3.23. The molecule has 0 amide bonds. The van der Waals surface area contributed by atoms with Gasteiger partial charge in [-0.25, -0.2) is 4.98 Å². The van der Waals surface area contributed by atoms with Gasteiger partial charge in [0.1, 0.15) is 5.82 Å². The molecule has 1 saturated heterocycles. The Morgan fingerprint density at radius 3 is 2.60 bits per heavy atom. The van der Waals surface area contributed by atoms with Crippen LogP contribution in [0.4, 0.5) is 0 Å². The van der Waals surface area contributed by atoms with E-state index in [-0.39, 0.29) is 0 Å². The van der Waals surface area contributed by atoms with E-state index in [0.717, 1.165) is 11.7 Å². The fourth-order valence-electron chi connectivity index (χ4n) is 3.23. The summed E-state index contributed by atoms with van der Waals surface area (Å²) in [6, 6.07) is 11.1. The second-order valence-electron chi connectivity index (χ2n) is 6.27. The number of nitrogens with zero attached hydrogens (tertiary/aromatic N) is 3. The van der Waals surface area contributed by atoms with E-state index in [1.165, 1.54) is 43.7 Å². The molecule has 0 radical (unpaired) electrons. The first-order valence-electron chi connectivity index (χ1n) is 7.63. The molecule has 1 aromatic carbocycles. The minimum Gasteiger partial charge on any atom is -0.323 e. The van der Waals surface area contributed by atoms with E-state index < -0.39 is 0 Å². The molecule has 1 aromatic heterocycles. The Hall–Kier alpha value is -1.61. The van der Waals surface area contributed by atoms with Crippen LogP contribution in [0.25, 0.3) is 11.4 Å². The molecule has 0 N–H and O–H groups in total. The zero-order chi connectivity index (χ0) is 13.5. The molecule has 3 nitrogen and oxygen atoms in total. The van der Waals surface area contributed by atoms with E-state index in [2.05, 4.69) is 51.7 Å². The Kier molecular flexibility index (Phi) is 2.88. The van der Waals surface area contributed by atoms with Crippen molar-refractivity contribution in [1.29, 1.82) is 0 Å². The topological polar surface area (TPSA) is 21.1 Å². The Morgan fingerprint density at radius 1 is 1.15 bits per heavy atom. The summed E-state index contributed by atoms with van der Waals surface area (Å²) in [6.45, 7) is 5.86. The summed E-state index contributed by atoms with van der Waals surface area (Å²) in [5.74, 6) is 2.12. The lowest BCUT2D eigenvalue weighted by atomic mass is 10.1. The predicted molar refractivity (Wildman–Crippen MR) is 80.6 cm³/mol. The first-order valence-corrected chi connectivity index (χ1v) is 7.63. The van der Waals surface area contributed by atoms with Crippen LogP contribution in [0.15, 0.2) is 36.5 Å². The van der Waals surface area contributed by atoms with Gasteiger partial charge in [-0.05, 0) is 25.7 Å². The van der Waals surface area contributed by atoms with Crippen LogP contribution in [0.2, 0.25) is 0 Å². The largest absolute Gasteiger partial charge is 0.323 e.